The third-order valence-electron chi connectivity index (χ3n) is 8.13. The van der Waals surface area contributed by atoms with Crippen molar-refractivity contribution < 1.29 is 0 Å². The van der Waals surface area contributed by atoms with Crippen LogP contribution in [0.4, 0.5) is 0 Å². The zero-order chi connectivity index (χ0) is 24.8. The van der Waals surface area contributed by atoms with E-state index in [9.17, 15) is 0 Å². The summed E-state index contributed by atoms with van der Waals surface area (Å²) < 4.78 is 0. The number of benzene rings is 2. The SMILES string of the molecule is Cc1c[pH]c(C=C2C=Cc3ccccc3C2C2C(=Cc3[pH]cc(C)c3C)C=Cc3ccccc32)c1C. The molecule has 6 rings (SSSR count). The van der Waals surface area contributed by atoms with Gasteiger partial charge in [0.1, 0.15) is 0 Å². The molecule has 36 heavy (non-hydrogen) atoms. The van der Waals surface area contributed by atoms with Gasteiger partial charge in [-0.1, -0.05) is 72.8 Å². The van der Waals surface area contributed by atoms with Crippen LogP contribution in [0.3, 0.4) is 0 Å². The van der Waals surface area contributed by atoms with Gasteiger partial charge in [-0.3, -0.25) is 0 Å². The van der Waals surface area contributed by atoms with Crippen LogP contribution in [0.15, 0.2) is 83.4 Å². The van der Waals surface area contributed by atoms with Crippen LogP contribution in [0, 0.1) is 27.7 Å². The van der Waals surface area contributed by atoms with Crippen molar-refractivity contribution in [2.45, 2.75) is 39.5 Å². The molecule has 0 aliphatic heterocycles. The van der Waals surface area contributed by atoms with Gasteiger partial charge >= 0.3 is 0 Å². The predicted octanol–water partition coefficient (Wildman–Crippen LogP) is 10.1. The van der Waals surface area contributed by atoms with Crippen molar-refractivity contribution in [3.8, 4) is 0 Å². The lowest BCUT2D eigenvalue weighted by atomic mass is 9.67. The zero-order valence-electron chi connectivity index (χ0n) is 21.4. The fraction of sp³-hybridized carbons (Fsp3) is 0.176. The van der Waals surface area contributed by atoms with Gasteiger partial charge in [0.25, 0.3) is 0 Å². The molecule has 0 N–H and O–H groups in total. The van der Waals surface area contributed by atoms with Gasteiger partial charge in [0.2, 0.25) is 0 Å². The van der Waals surface area contributed by atoms with Crippen LogP contribution in [0.5, 0.6) is 0 Å². The highest BCUT2D eigenvalue weighted by atomic mass is 31.0. The molecule has 0 bridgehead atoms. The molecule has 2 aliphatic rings. The van der Waals surface area contributed by atoms with Gasteiger partial charge in [-0.25, -0.2) is 0 Å². The molecule has 4 unspecified atom stereocenters. The lowest BCUT2D eigenvalue weighted by Crippen LogP contribution is -2.20. The first-order valence-corrected chi connectivity index (χ1v) is 14.9. The Morgan fingerprint density at radius 2 is 0.972 bits per heavy atom. The molecule has 0 spiro atoms. The number of aryl methyl sites for hydroxylation is 2. The quantitative estimate of drug-likeness (QED) is 0.261. The van der Waals surface area contributed by atoms with Crippen molar-refractivity contribution >= 4 is 40.7 Å². The van der Waals surface area contributed by atoms with E-state index < -0.39 is 0 Å². The fourth-order valence-electron chi connectivity index (χ4n) is 5.71. The molecule has 0 amide bonds. The van der Waals surface area contributed by atoms with Gasteiger partial charge in [-0.15, -0.1) is 16.4 Å². The number of rotatable bonds is 3. The van der Waals surface area contributed by atoms with E-state index >= 15 is 0 Å². The lowest BCUT2D eigenvalue weighted by molar-refractivity contribution is 0.690. The molecular formula is C34H32P2. The Balaban J connectivity index is 1.59. The summed E-state index contributed by atoms with van der Waals surface area (Å²) in [6.07, 6.45) is 14.4. The van der Waals surface area contributed by atoms with Crippen molar-refractivity contribution in [1.82, 2.24) is 0 Å². The second-order valence-corrected chi connectivity index (χ2v) is 12.4. The average molecular weight is 503 g/mol. The van der Waals surface area contributed by atoms with Gasteiger partial charge in [0.15, 0.2) is 0 Å². The highest BCUT2D eigenvalue weighted by Gasteiger charge is 2.34. The van der Waals surface area contributed by atoms with Crippen LogP contribution in [-0.2, 0) is 0 Å². The summed E-state index contributed by atoms with van der Waals surface area (Å²) in [5.41, 5.74) is 14.2. The molecule has 0 fully saturated rings. The molecule has 4 aromatic rings. The van der Waals surface area contributed by atoms with Crippen LogP contribution in [0.1, 0.15) is 66.9 Å². The van der Waals surface area contributed by atoms with Gasteiger partial charge < -0.3 is 0 Å². The molecule has 0 saturated carbocycles. The Morgan fingerprint density at radius 3 is 1.36 bits per heavy atom. The molecule has 2 aromatic heterocycles. The first-order chi connectivity index (χ1) is 17.5. The van der Waals surface area contributed by atoms with E-state index in [1.165, 1.54) is 66.2 Å². The topological polar surface area (TPSA) is 0 Å². The Morgan fingerprint density at radius 1 is 0.556 bits per heavy atom. The Kier molecular flexibility index (Phi) is 6.13. The third kappa shape index (κ3) is 4.04. The van der Waals surface area contributed by atoms with E-state index in [0.29, 0.717) is 0 Å². The second-order valence-electron chi connectivity index (χ2n) is 10.2. The number of hydrogen-bond acceptors (Lipinski definition) is 0. The van der Waals surface area contributed by atoms with Crippen LogP contribution in [-0.4, -0.2) is 0 Å². The number of hydrogen-bond donors (Lipinski definition) is 0. The molecule has 4 atom stereocenters. The summed E-state index contributed by atoms with van der Waals surface area (Å²) in [4.78, 5) is 0. The predicted molar refractivity (Wildman–Crippen MR) is 163 cm³/mol. The van der Waals surface area contributed by atoms with Gasteiger partial charge in [0.05, 0.1) is 0 Å². The third-order valence-corrected chi connectivity index (χ3v) is 10.9. The summed E-state index contributed by atoms with van der Waals surface area (Å²) in [6.45, 7) is 9.05. The van der Waals surface area contributed by atoms with Crippen molar-refractivity contribution in [2.24, 2.45) is 0 Å². The largest absolute Gasteiger partial charge is 0.132 e. The smallest absolute Gasteiger partial charge is 0.0205 e. The van der Waals surface area contributed by atoms with Crippen LogP contribution in [0.25, 0.3) is 24.3 Å². The maximum atomic E-state index is 2.50. The monoisotopic (exact) mass is 502 g/mol. The maximum Gasteiger partial charge on any atom is 0.0205 e. The summed E-state index contributed by atoms with van der Waals surface area (Å²) in [5.74, 6) is 5.34. The molecule has 2 heterocycles. The minimum absolute atomic E-state index is 0.272. The Bertz CT molecular complexity index is 1460. The molecule has 2 heteroatoms. The van der Waals surface area contributed by atoms with Crippen LogP contribution >= 0.6 is 16.4 Å². The molecule has 178 valence electrons. The van der Waals surface area contributed by atoms with Crippen molar-refractivity contribution in [1.29, 1.82) is 0 Å². The normalized spacial score (nSPS) is 21.1. The van der Waals surface area contributed by atoms with Gasteiger partial charge in [-0.05, 0) is 118 Å². The average Bonchev–Trinajstić information content (AvgIpc) is 3.39. The molecule has 2 aromatic carbocycles. The van der Waals surface area contributed by atoms with Crippen LogP contribution < -0.4 is 0 Å². The summed E-state index contributed by atoms with van der Waals surface area (Å²) in [5, 5.41) is 2.97. The van der Waals surface area contributed by atoms with Crippen LogP contribution in [0.2, 0.25) is 0 Å². The minimum atomic E-state index is 0.272. The molecule has 0 radical (unpaired) electrons. The molecule has 0 saturated heterocycles. The van der Waals surface area contributed by atoms with Crippen molar-refractivity contribution in [3.63, 3.8) is 0 Å². The highest BCUT2D eigenvalue weighted by Crippen LogP contribution is 2.51. The second kappa shape index (κ2) is 9.44. The Labute approximate surface area is 218 Å². The standard InChI is InChI=1S/C34H32P2/c1-21-19-35-31(23(21)3)17-27-15-13-25-9-5-7-11-29(25)33(27)34-28(18-32-24(4)22(2)20-36-32)16-14-26-10-6-8-12-30(26)34/h5-20,33-36H,1-4H3. The summed E-state index contributed by atoms with van der Waals surface area (Å²) in [7, 11) is 1.51. The zero-order valence-corrected chi connectivity index (χ0v) is 23.4. The fourth-order valence-corrected chi connectivity index (χ4v) is 8.22. The van der Waals surface area contributed by atoms with E-state index in [2.05, 4.69) is 124 Å². The Hall–Kier alpha value is -3.04. The maximum absolute atomic E-state index is 2.50. The van der Waals surface area contributed by atoms with Crippen molar-refractivity contribution in [3.05, 3.63) is 139 Å². The molecule has 0 nitrogen and oxygen atoms in total. The van der Waals surface area contributed by atoms with E-state index in [0.717, 1.165) is 16.4 Å². The van der Waals surface area contributed by atoms with E-state index in [4.69, 9.17) is 0 Å². The molecule has 2 aliphatic carbocycles. The number of fused-ring (bicyclic) bond motifs is 2. The molecular weight excluding hydrogens is 470 g/mol. The highest BCUT2D eigenvalue weighted by molar-refractivity contribution is 7.31. The van der Waals surface area contributed by atoms with Gasteiger partial charge in [0, 0.05) is 11.8 Å². The first-order valence-electron chi connectivity index (χ1n) is 12.8. The van der Waals surface area contributed by atoms with Gasteiger partial charge in [-0.2, -0.15) is 0 Å². The number of allylic oxidation sites excluding steroid dienone is 4. The van der Waals surface area contributed by atoms with E-state index in [1.54, 1.807) is 0 Å². The lowest BCUT2D eigenvalue weighted by Gasteiger charge is -2.36. The van der Waals surface area contributed by atoms with E-state index in [1.807, 2.05) is 0 Å². The minimum Gasteiger partial charge on any atom is -0.132 e. The summed E-state index contributed by atoms with van der Waals surface area (Å²) >= 11 is 0. The summed E-state index contributed by atoms with van der Waals surface area (Å²) in [6, 6.07) is 18.0. The first kappa shape index (κ1) is 23.4. The van der Waals surface area contributed by atoms with E-state index in [-0.39, 0.29) is 11.8 Å². The van der Waals surface area contributed by atoms with Crippen molar-refractivity contribution in [2.75, 3.05) is 0 Å².